The zero-order valence-electron chi connectivity index (χ0n) is 8.24. The Labute approximate surface area is 147 Å². The van der Waals surface area contributed by atoms with E-state index in [1.807, 2.05) is 0 Å². The summed E-state index contributed by atoms with van der Waals surface area (Å²) in [6.45, 7) is 0. The molecule has 0 saturated carbocycles. The van der Waals surface area contributed by atoms with E-state index in [1.165, 1.54) is 0 Å². The molecule has 0 aromatic rings. The van der Waals surface area contributed by atoms with E-state index in [0.717, 1.165) is 0 Å². The average Bonchev–Trinajstić information content (AvgIpc) is 1.88. The van der Waals surface area contributed by atoms with Gasteiger partial charge in [0.15, 0.2) is 5.97 Å². The van der Waals surface area contributed by atoms with Crippen LogP contribution in [0.4, 0.5) is 0 Å². The predicted molar refractivity (Wildman–Crippen MR) is 38.8 cm³/mol. The summed E-state index contributed by atoms with van der Waals surface area (Å²) in [5, 5.41) is 31.1. The number of rotatable bonds is 0. The van der Waals surface area contributed by atoms with Gasteiger partial charge in [-0.2, -0.15) is 0 Å². The minimum Gasteiger partial charge on any atom is -0.539 e. The zero-order valence-corrected chi connectivity index (χ0v) is 12.5. The van der Waals surface area contributed by atoms with E-state index < -0.39 is 23.9 Å². The van der Waals surface area contributed by atoms with Crippen molar-refractivity contribution in [2.75, 3.05) is 0 Å². The number of carbonyl (C=O) groups excluding carboxylic acids is 1. The molecule has 100 valence electrons. The van der Waals surface area contributed by atoms with Gasteiger partial charge in [0.2, 0.25) is 0 Å². The molecule has 0 heterocycles. The van der Waals surface area contributed by atoms with Crippen molar-refractivity contribution in [3.63, 3.8) is 0 Å². The van der Waals surface area contributed by atoms with Crippen LogP contribution in [0.3, 0.4) is 0 Å². The molecule has 9 N–H and O–H groups in total. The smallest absolute Gasteiger partial charge is 0.539 e. The fourth-order valence-electron chi connectivity index (χ4n) is 0. The minimum absolute atomic E-state index is 0. The van der Waals surface area contributed by atoms with E-state index in [0.29, 0.717) is 0 Å². The molecule has 0 spiro atoms. The van der Waals surface area contributed by atoms with Crippen molar-refractivity contribution in [3.8, 4) is 0 Å². The largest absolute Gasteiger partial charge is 1.00 e. The van der Waals surface area contributed by atoms with E-state index >= 15 is 0 Å². The standard InChI is InChI=1S/2C2H2O4.Fe.K.3H2O/c2*3-1(4)2(5)6;;;;;/h2*(H,3,4)(H,5,6);;;3*1H2/q;;;+1;;;/p-1. The molecule has 0 atom stereocenters. The van der Waals surface area contributed by atoms with Gasteiger partial charge in [-0.25, -0.2) is 14.4 Å². The van der Waals surface area contributed by atoms with Gasteiger partial charge in [-0.1, -0.05) is 0 Å². The van der Waals surface area contributed by atoms with Crippen molar-refractivity contribution in [2.24, 2.45) is 0 Å². The maximum absolute atomic E-state index is 9.10. The Morgan fingerprint density at radius 3 is 0.824 bits per heavy atom. The van der Waals surface area contributed by atoms with Gasteiger partial charge in [0.1, 0.15) is 0 Å². The van der Waals surface area contributed by atoms with Crippen molar-refractivity contribution in [1.82, 2.24) is 0 Å². The molecule has 0 fully saturated rings. The van der Waals surface area contributed by atoms with Crippen LogP contribution in [0.25, 0.3) is 0 Å². The van der Waals surface area contributed by atoms with Crippen LogP contribution in [-0.2, 0) is 36.2 Å². The number of carboxylic acid groups (broad SMARTS) is 4. The van der Waals surface area contributed by atoms with E-state index in [-0.39, 0.29) is 84.9 Å². The molecule has 0 aromatic heterocycles. The van der Waals surface area contributed by atoms with Gasteiger partial charge in [0, 0.05) is 17.1 Å². The average molecular weight is 328 g/mol. The Hall–Kier alpha value is -0.0842. The molecule has 0 aliphatic rings. The van der Waals surface area contributed by atoms with Crippen molar-refractivity contribution in [1.29, 1.82) is 0 Å². The SMILES string of the molecule is O.O.O.O=C(O)C(=O)O.O=C([O-])C(=O)O.[Fe].[K+]. The van der Waals surface area contributed by atoms with Crippen molar-refractivity contribution in [2.45, 2.75) is 0 Å². The summed E-state index contributed by atoms with van der Waals surface area (Å²) in [6, 6.07) is 0. The van der Waals surface area contributed by atoms with E-state index in [2.05, 4.69) is 0 Å². The van der Waals surface area contributed by atoms with E-state index in [4.69, 9.17) is 39.6 Å². The van der Waals surface area contributed by atoms with Crippen molar-refractivity contribution >= 4 is 23.9 Å². The maximum Gasteiger partial charge on any atom is 1.00 e. The van der Waals surface area contributed by atoms with Crippen LogP contribution >= 0.6 is 0 Å². The maximum atomic E-state index is 9.10. The number of hydrogen-bond acceptors (Lipinski definition) is 5. The summed E-state index contributed by atoms with van der Waals surface area (Å²) in [5.74, 6) is -7.66. The minimum atomic E-state index is -2.07. The molecule has 13 heteroatoms. The molecule has 0 saturated heterocycles. The molecule has 0 radical (unpaired) electrons. The number of aliphatic carboxylic acids is 4. The summed E-state index contributed by atoms with van der Waals surface area (Å²) < 4.78 is 0. The Balaban J connectivity index is -0.0000000182. The normalized spacial score (nSPS) is 5.18. The first-order valence-corrected chi connectivity index (χ1v) is 2.19. The quantitative estimate of drug-likeness (QED) is 0.283. The Kier molecular flexibility index (Phi) is 63.9. The van der Waals surface area contributed by atoms with Crippen LogP contribution in [0, 0.1) is 0 Å². The van der Waals surface area contributed by atoms with Crippen LogP contribution in [0.5, 0.6) is 0 Å². The first-order valence-electron chi connectivity index (χ1n) is 2.19. The van der Waals surface area contributed by atoms with Crippen LogP contribution in [-0.4, -0.2) is 55.6 Å². The summed E-state index contributed by atoms with van der Waals surface area (Å²) in [7, 11) is 0. The van der Waals surface area contributed by atoms with Crippen molar-refractivity contribution < 1.29 is 124 Å². The van der Waals surface area contributed by atoms with Gasteiger partial charge in [-0.3, -0.25) is 0 Å². The Bertz CT molecular complexity index is 180. The zero-order chi connectivity index (χ0) is 10.3. The molecule has 0 aliphatic heterocycles. The number of carbonyl (C=O) groups is 4. The summed E-state index contributed by atoms with van der Waals surface area (Å²) in [6.07, 6.45) is 0. The first kappa shape index (κ1) is 43.6. The molecule has 0 aliphatic carbocycles. The van der Waals surface area contributed by atoms with Gasteiger partial charge in [-0.15, -0.1) is 0 Å². The third-order valence-electron chi connectivity index (χ3n) is 0.358. The second-order valence-corrected chi connectivity index (χ2v) is 1.20. The van der Waals surface area contributed by atoms with E-state index in [1.54, 1.807) is 0 Å². The molecule has 0 bridgehead atoms. The molecular formula is C4H9FeKO11. The van der Waals surface area contributed by atoms with Gasteiger partial charge >= 0.3 is 69.3 Å². The van der Waals surface area contributed by atoms with Crippen LogP contribution in [0.2, 0.25) is 0 Å². The molecule has 17 heavy (non-hydrogen) atoms. The predicted octanol–water partition coefficient (Wildman–Crippen LogP) is -8.50. The number of hydrogen-bond donors (Lipinski definition) is 3. The Morgan fingerprint density at radius 2 is 0.824 bits per heavy atom. The second-order valence-electron chi connectivity index (χ2n) is 1.20. The first-order chi connectivity index (χ1) is 5.29. The third kappa shape index (κ3) is 49.2. The monoisotopic (exact) mass is 328 g/mol. The van der Waals surface area contributed by atoms with Crippen molar-refractivity contribution in [3.05, 3.63) is 0 Å². The molecule has 0 rings (SSSR count). The molecule has 0 amide bonds. The molecule has 11 nitrogen and oxygen atoms in total. The molecule has 0 unspecified atom stereocenters. The molecular weight excluding hydrogens is 319 g/mol. The van der Waals surface area contributed by atoms with Gasteiger partial charge < -0.3 is 41.6 Å². The topological polar surface area (TPSA) is 247 Å². The fraction of sp³-hybridized carbons (Fsp3) is 0. The van der Waals surface area contributed by atoms with Gasteiger partial charge in [0.25, 0.3) is 0 Å². The summed E-state index contributed by atoms with van der Waals surface area (Å²) in [5.41, 5.74) is 0. The Morgan fingerprint density at radius 1 is 0.706 bits per heavy atom. The second kappa shape index (κ2) is 24.9. The molecule has 0 aromatic carbocycles. The number of carboxylic acids is 4. The van der Waals surface area contributed by atoms with Crippen LogP contribution in [0.15, 0.2) is 0 Å². The van der Waals surface area contributed by atoms with Gasteiger partial charge in [-0.05, 0) is 0 Å². The van der Waals surface area contributed by atoms with E-state index in [9.17, 15) is 0 Å². The van der Waals surface area contributed by atoms with Crippen LogP contribution in [0.1, 0.15) is 0 Å². The van der Waals surface area contributed by atoms with Gasteiger partial charge in [0.05, 0.1) is 0 Å². The third-order valence-corrected chi connectivity index (χ3v) is 0.358. The fourth-order valence-corrected chi connectivity index (χ4v) is 0. The summed E-state index contributed by atoms with van der Waals surface area (Å²) in [4.78, 5) is 36.2. The summed E-state index contributed by atoms with van der Waals surface area (Å²) >= 11 is 0. The van der Waals surface area contributed by atoms with Crippen LogP contribution < -0.4 is 56.5 Å².